The fraction of sp³-hybridized carbons (Fsp3) is 0.444. The summed E-state index contributed by atoms with van der Waals surface area (Å²) < 4.78 is 3.88. The van der Waals surface area contributed by atoms with Gasteiger partial charge in [0.15, 0.2) is 5.65 Å². The maximum Gasteiger partial charge on any atom is 0.259 e. The molecule has 1 atom stereocenters. The van der Waals surface area contributed by atoms with Crippen LogP contribution < -0.4 is 0 Å². The normalized spacial score (nSPS) is 18.0. The molecule has 3 aromatic rings. The molecule has 0 saturated carbocycles. The number of hydrogen-bond acceptors (Lipinski definition) is 4. The molecule has 3 aromatic heterocycles. The van der Waals surface area contributed by atoms with Crippen molar-refractivity contribution in [2.45, 2.75) is 39.2 Å². The average molecular weight is 338 g/mol. The summed E-state index contributed by atoms with van der Waals surface area (Å²) in [6, 6.07) is 2.17. The molecule has 7 heteroatoms. The van der Waals surface area contributed by atoms with Gasteiger partial charge >= 0.3 is 0 Å². The van der Waals surface area contributed by atoms with Gasteiger partial charge in [0.05, 0.1) is 12.2 Å². The van der Waals surface area contributed by atoms with Gasteiger partial charge in [0, 0.05) is 43.8 Å². The van der Waals surface area contributed by atoms with E-state index in [1.807, 2.05) is 36.5 Å². The van der Waals surface area contributed by atoms with E-state index in [-0.39, 0.29) is 11.9 Å². The smallest absolute Gasteiger partial charge is 0.259 e. The largest absolute Gasteiger partial charge is 0.336 e. The topological polar surface area (TPSA) is 68.3 Å². The Morgan fingerprint density at radius 3 is 3.08 bits per heavy atom. The number of fused-ring (bicyclic) bond motifs is 1. The summed E-state index contributed by atoms with van der Waals surface area (Å²) in [5, 5.41) is 4.26. The van der Waals surface area contributed by atoms with Crippen molar-refractivity contribution >= 4 is 11.6 Å². The number of aromatic nitrogens is 5. The molecule has 1 fully saturated rings. The van der Waals surface area contributed by atoms with E-state index >= 15 is 0 Å². The van der Waals surface area contributed by atoms with Crippen molar-refractivity contribution in [3.8, 4) is 0 Å². The molecule has 7 nitrogen and oxygen atoms in total. The highest BCUT2D eigenvalue weighted by Gasteiger charge is 2.28. The molecule has 0 aromatic carbocycles. The van der Waals surface area contributed by atoms with Crippen LogP contribution in [-0.4, -0.2) is 48.0 Å². The Balaban J connectivity index is 1.60. The molecule has 130 valence electrons. The first-order valence-electron chi connectivity index (χ1n) is 8.79. The lowest BCUT2D eigenvalue weighted by atomic mass is 10.0. The highest BCUT2D eigenvalue weighted by molar-refractivity contribution is 5.99. The van der Waals surface area contributed by atoms with Gasteiger partial charge in [0.25, 0.3) is 5.91 Å². The second-order valence-corrected chi connectivity index (χ2v) is 6.55. The van der Waals surface area contributed by atoms with Crippen molar-refractivity contribution in [2.75, 3.05) is 13.1 Å². The van der Waals surface area contributed by atoms with Gasteiger partial charge in [0.2, 0.25) is 0 Å². The highest BCUT2D eigenvalue weighted by Crippen LogP contribution is 2.25. The molecule has 1 aliphatic rings. The van der Waals surface area contributed by atoms with E-state index in [2.05, 4.69) is 26.6 Å². The van der Waals surface area contributed by atoms with Crippen LogP contribution in [0, 0.1) is 6.92 Å². The van der Waals surface area contributed by atoms with Crippen LogP contribution in [0.5, 0.6) is 0 Å². The molecular formula is C18H22N6O. The Morgan fingerprint density at radius 1 is 1.36 bits per heavy atom. The van der Waals surface area contributed by atoms with Gasteiger partial charge in [-0.2, -0.15) is 5.10 Å². The van der Waals surface area contributed by atoms with Crippen molar-refractivity contribution in [1.29, 1.82) is 0 Å². The van der Waals surface area contributed by atoms with Crippen LogP contribution in [0.1, 0.15) is 47.7 Å². The number of nitrogens with zero attached hydrogens (tertiary/aromatic N) is 6. The van der Waals surface area contributed by atoms with Gasteiger partial charge in [-0.05, 0) is 25.8 Å². The summed E-state index contributed by atoms with van der Waals surface area (Å²) in [5.41, 5.74) is 2.08. The maximum atomic E-state index is 13.1. The standard InChI is InChI=1S/C18H22N6O/c1-3-16-19-7-10-23(16)14-5-4-8-22(12-14)18(25)15-11-20-24-9-6-13(2)21-17(15)24/h6-7,9-11,14H,3-5,8,12H2,1-2H3/t14-/m0/s1. The van der Waals surface area contributed by atoms with Crippen molar-refractivity contribution in [3.63, 3.8) is 0 Å². The molecule has 1 aliphatic heterocycles. The van der Waals surface area contributed by atoms with Gasteiger partial charge in [-0.25, -0.2) is 14.5 Å². The number of amides is 1. The fourth-order valence-corrected chi connectivity index (χ4v) is 3.60. The van der Waals surface area contributed by atoms with E-state index < -0.39 is 0 Å². The van der Waals surface area contributed by atoms with Crippen LogP contribution in [0.15, 0.2) is 30.9 Å². The van der Waals surface area contributed by atoms with E-state index in [0.717, 1.165) is 37.3 Å². The molecule has 0 bridgehead atoms. The molecule has 1 saturated heterocycles. The second kappa shape index (κ2) is 6.31. The molecule has 4 rings (SSSR count). The van der Waals surface area contributed by atoms with Gasteiger partial charge in [-0.3, -0.25) is 4.79 Å². The SMILES string of the molecule is CCc1nccn1[C@H]1CCCN(C(=O)c2cnn3ccc(C)nc23)C1. The molecule has 0 aliphatic carbocycles. The van der Waals surface area contributed by atoms with Crippen LogP contribution in [0.25, 0.3) is 5.65 Å². The van der Waals surface area contributed by atoms with Crippen LogP contribution >= 0.6 is 0 Å². The molecule has 0 radical (unpaired) electrons. The third kappa shape index (κ3) is 2.79. The molecule has 0 unspecified atom stereocenters. The Hall–Kier alpha value is -2.70. The van der Waals surface area contributed by atoms with Gasteiger partial charge in [-0.1, -0.05) is 6.92 Å². The van der Waals surface area contributed by atoms with Gasteiger partial charge in [0.1, 0.15) is 11.4 Å². The number of hydrogen-bond donors (Lipinski definition) is 0. The summed E-state index contributed by atoms with van der Waals surface area (Å²) >= 11 is 0. The first kappa shape index (κ1) is 15.8. The summed E-state index contributed by atoms with van der Waals surface area (Å²) in [7, 11) is 0. The van der Waals surface area contributed by atoms with Gasteiger partial charge in [-0.15, -0.1) is 0 Å². The molecule has 1 amide bonds. The number of imidazole rings is 1. The lowest BCUT2D eigenvalue weighted by Gasteiger charge is -2.34. The van der Waals surface area contributed by atoms with Gasteiger partial charge < -0.3 is 9.47 Å². The zero-order valence-electron chi connectivity index (χ0n) is 14.6. The molecule has 25 heavy (non-hydrogen) atoms. The van der Waals surface area contributed by atoms with Crippen molar-refractivity contribution < 1.29 is 4.79 Å². The van der Waals surface area contributed by atoms with Crippen LogP contribution in [0.2, 0.25) is 0 Å². The molecular weight excluding hydrogens is 316 g/mol. The van der Waals surface area contributed by atoms with E-state index in [9.17, 15) is 4.79 Å². The Bertz CT molecular complexity index is 911. The number of carbonyl (C=O) groups excluding carboxylic acids is 1. The van der Waals surface area contributed by atoms with Crippen LogP contribution in [0.3, 0.4) is 0 Å². The fourth-order valence-electron chi connectivity index (χ4n) is 3.60. The molecule has 0 spiro atoms. The van der Waals surface area contributed by atoms with E-state index in [1.54, 1.807) is 10.7 Å². The maximum absolute atomic E-state index is 13.1. The lowest BCUT2D eigenvalue weighted by molar-refractivity contribution is 0.0679. The Morgan fingerprint density at radius 2 is 2.24 bits per heavy atom. The minimum Gasteiger partial charge on any atom is -0.336 e. The lowest BCUT2D eigenvalue weighted by Crippen LogP contribution is -2.41. The Kier molecular flexibility index (Phi) is 3.99. The number of aryl methyl sites for hydroxylation is 2. The van der Waals surface area contributed by atoms with Crippen molar-refractivity contribution in [1.82, 2.24) is 29.0 Å². The number of carbonyl (C=O) groups is 1. The zero-order chi connectivity index (χ0) is 17.4. The van der Waals surface area contributed by atoms with E-state index in [1.165, 1.54) is 0 Å². The predicted molar refractivity (Wildman–Crippen MR) is 93.5 cm³/mol. The van der Waals surface area contributed by atoms with E-state index in [0.29, 0.717) is 17.8 Å². The van der Waals surface area contributed by atoms with Crippen molar-refractivity contribution in [3.05, 3.63) is 47.9 Å². The number of piperidine rings is 1. The first-order valence-corrected chi connectivity index (χ1v) is 8.79. The van der Waals surface area contributed by atoms with E-state index in [4.69, 9.17) is 0 Å². The average Bonchev–Trinajstić information content (AvgIpc) is 3.27. The quantitative estimate of drug-likeness (QED) is 0.735. The summed E-state index contributed by atoms with van der Waals surface area (Å²) in [6.45, 7) is 5.50. The minimum atomic E-state index is 0.0102. The third-order valence-corrected chi connectivity index (χ3v) is 4.88. The molecule has 0 N–H and O–H groups in total. The van der Waals surface area contributed by atoms with Crippen LogP contribution in [-0.2, 0) is 6.42 Å². The highest BCUT2D eigenvalue weighted by atomic mass is 16.2. The van der Waals surface area contributed by atoms with Crippen molar-refractivity contribution in [2.24, 2.45) is 0 Å². The summed E-state index contributed by atoms with van der Waals surface area (Å²) in [6.07, 6.45) is 10.3. The third-order valence-electron chi connectivity index (χ3n) is 4.88. The predicted octanol–water partition coefficient (Wildman–Crippen LogP) is 2.27. The summed E-state index contributed by atoms with van der Waals surface area (Å²) in [4.78, 5) is 23.9. The second-order valence-electron chi connectivity index (χ2n) is 6.55. The van der Waals surface area contributed by atoms with Crippen LogP contribution in [0.4, 0.5) is 0 Å². The first-order chi connectivity index (χ1) is 12.2. The number of likely N-dealkylation sites (tertiary alicyclic amines) is 1. The number of rotatable bonds is 3. The minimum absolute atomic E-state index is 0.0102. The Labute approximate surface area is 146 Å². The monoisotopic (exact) mass is 338 g/mol. The summed E-state index contributed by atoms with van der Waals surface area (Å²) in [5.74, 6) is 1.09. The zero-order valence-corrected chi connectivity index (χ0v) is 14.6. The molecule has 4 heterocycles.